The molecule has 0 fully saturated rings. The third kappa shape index (κ3) is 3.44. The lowest BCUT2D eigenvalue weighted by atomic mass is 9.96. The Morgan fingerprint density at radius 1 is 1.25 bits per heavy atom. The molecule has 0 bridgehead atoms. The minimum absolute atomic E-state index is 0.226. The van der Waals surface area contributed by atoms with Crippen LogP contribution in [0.25, 0.3) is 0 Å². The van der Waals surface area contributed by atoms with Gasteiger partial charge in [-0.15, -0.1) is 0 Å². The van der Waals surface area contributed by atoms with Crippen molar-refractivity contribution >= 4 is 21.7 Å². The number of ketones is 1. The standard InChI is InChI=1S/C14H19BrO/c1-9(2)7-14(16)12-8-11(10(3)4)5-6-13(12)15/h5-6,8-10H,7H2,1-4H3. The van der Waals surface area contributed by atoms with Crippen LogP contribution in [0.4, 0.5) is 0 Å². The Morgan fingerprint density at radius 3 is 2.38 bits per heavy atom. The largest absolute Gasteiger partial charge is 0.294 e. The summed E-state index contributed by atoms with van der Waals surface area (Å²) >= 11 is 3.45. The summed E-state index contributed by atoms with van der Waals surface area (Å²) in [6.07, 6.45) is 0.611. The predicted octanol–water partition coefficient (Wildman–Crippen LogP) is 4.80. The Labute approximate surface area is 106 Å². The Bertz CT molecular complexity index is 380. The highest BCUT2D eigenvalue weighted by atomic mass is 79.9. The van der Waals surface area contributed by atoms with Gasteiger partial charge in [0.2, 0.25) is 0 Å². The van der Waals surface area contributed by atoms with Gasteiger partial charge >= 0.3 is 0 Å². The van der Waals surface area contributed by atoms with Crippen LogP contribution in [0.3, 0.4) is 0 Å². The predicted molar refractivity (Wildman–Crippen MR) is 72.0 cm³/mol. The molecule has 2 heteroatoms. The minimum Gasteiger partial charge on any atom is -0.294 e. The molecule has 0 spiro atoms. The lowest BCUT2D eigenvalue weighted by molar-refractivity contribution is 0.0967. The fourth-order valence-corrected chi connectivity index (χ4v) is 2.06. The molecule has 0 atom stereocenters. The molecule has 0 aliphatic rings. The van der Waals surface area contributed by atoms with Gasteiger partial charge < -0.3 is 0 Å². The van der Waals surface area contributed by atoms with Crippen LogP contribution >= 0.6 is 15.9 Å². The van der Waals surface area contributed by atoms with E-state index in [1.807, 2.05) is 12.1 Å². The average Bonchev–Trinajstić information content (AvgIpc) is 2.16. The smallest absolute Gasteiger partial charge is 0.164 e. The summed E-state index contributed by atoms with van der Waals surface area (Å²) in [6, 6.07) is 6.06. The van der Waals surface area contributed by atoms with E-state index in [2.05, 4.69) is 49.7 Å². The van der Waals surface area contributed by atoms with Crippen LogP contribution in [-0.4, -0.2) is 5.78 Å². The van der Waals surface area contributed by atoms with Crippen molar-refractivity contribution in [3.05, 3.63) is 33.8 Å². The van der Waals surface area contributed by atoms with Gasteiger partial charge in [-0.25, -0.2) is 0 Å². The van der Waals surface area contributed by atoms with E-state index in [9.17, 15) is 4.79 Å². The number of carbonyl (C=O) groups is 1. The lowest BCUT2D eigenvalue weighted by Gasteiger charge is -2.10. The van der Waals surface area contributed by atoms with E-state index in [1.165, 1.54) is 5.56 Å². The molecule has 0 radical (unpaired) electrons. The molecule has 1 nitrogen and oxygen atoms in total. The van der Waals surface area contributed by atoms with E-state index in [4.69, 9.17) is 0 Å². The Balaban J connectivity index is 3.02. The number of Topliss-reactive ketones (excluding diaryl/α,β-unsaturated/α-hetero) is 1. The Morgan fingerprint density at radius 2 is 1.88 bits per heavy atom. The van der Waals surface area contributed by atoms with Gasteiger partial charge in [-0.2, -0.15) is 0 Å². The second kappa shape index (κ2) is 5.62. The van der Waals surface area contributed by atoms with Crippen LogP contribution < -0.4 is 0 Å². The van der Waals surface area contributed by atoms with Crippen molar-refractivity contribution in [1.82, 2.24) is 0 Å². The van der Waals surface area contributed by atoms with Crippen LogP contribution in [-0.2, 0) is 0 Å². The maximum Gasteiger partial charge on any atom is 0.164 e. The lowest BCUT2D eigenvalue weighted by Crippen LogP contribution is -2.05. The van der Waals surface area contributed by atoms with Gasteiger partial charge in [0.1, 0.15) is 0 Å². The van der Waals surface area contributed by atoms with Gasteiger partial charge in [0.05, 0.1) is 0 Å². The molecule has 0 N–H and O–H groups in total. The fourth-order valence-electron chi connectivity index (χ4n) is 1.60. The van der Waals surface area contributed by atoms with Gasteiger partial charge in [0.15, 0.2) is 5.78 Å². The fraction of sp³-hybridized carbons (Fsp3) is 0.500. The third-order valence-corrected chi connectivity index (χ3v) is 3.24. The SMILES string of the molecule is CC(C)CC(=O)c1cc(C(C)C)ccc1Br. The van der Waals surface area contributed by atoms with E-state index in [1.54, 1.807) is 0 Å². The summed E-state index contributed by atoms with van der Waals surface area (Å²) in [4.78, 5) is 12.0. The highest BCUT2D eigenvalue weighted by Gasteiger charge is 2.13. The van der Waals surface area contributed by atoms with E-state index < -0.39 is 0 Å². The first kappa shape index (κ1) is 13.4. The van der Waals surface area contributed by atoms with Crippen molar-refractivity contribution in [3.63, 3.8) is 0 Å². The van der Waals surface area contributed by atoms with Gasteiger partial charge in [-0.3, -0.25) is 4.79 Å². The van der Waals surface area contributed by atoms with Crippen molar-refractivity contribution < 1.29 is 4.79 Å². The molecule has 0 amide bonds. The van der Waals surface area contributed by atoms with E-state index >= 15 is 0 Å². The van der Waals surface area contributed by atoms with Crippen LogP contribution in [0.5, 0.6) is 0 Å². The number of benzene rings is 1. The maximum atomic E-state index is 12.0. The maximum absolute atomic E-state index is 12.0. The zero-order valence-corrected chi connectivity index (χ0v) is 12.0. The number of halogens is 1. The molecule has 16 heavy (non-hydrogen) atoms. The summed E-state index contributed by atoms with van der Waals surface area (Å²) in [5.74, 6) is 1.09. The molecule has 0 unspecified atom stereocenters. The van der Waals surface area contributed by atoms with Crippen LogP contribution in [0.1, 0.15) is 56.0 Å². The summed E-state index contributed by atoms with van der Waals surface area (Å²) < 4.78 is 0.905. The molecular formula is C14H19BrO. The van der Waals surface area contributed by atoms with E-state index in [0.717, 1.165) is 10.0 Å². The molecule has 88 valence electrons. The normalized spacial score (nSPS) is 11.2. The number of hydrogen-bond acceptors (Lipinski definition) is 1. The minimum atomic E-state index is 0.226. The topological polar surface area (TPSA) is 17.1 Å². The molecule has 0 saturated carbocycles. The average molecular weight is 283 g/mol. The number of carbonyl (C=O) groups excluding carboxylic acids is 1. The summed E-state index contributed by atoms with van der Waals surface area (Å²) in [7, 11) is 0. The van der Waals surface area contributed by atoms with Crippen molar-refractivity contribution in [3.8, 4) is 0 Å². The molecule has 0 heterocycles. The first-order valence-electron chi connectivity index (χ1n) is 5.74. The Kier molecular flexibility index (Phi) is 4.72. The zero-order valence-electron chi connectivity index (χ0n) is 10.4. The highest BCUT2D eigenvalue weighted by Crippen LogP contribution is 2.24. The van der Waals surface area contributed by atoms with Gasteiger partial charge in [0.25, 0.3) is 0 Å². The number of rotatable bonds is 4. The molecule has 0 saturated heterocycles. The number of hydrogen-bond donors (Lipinski definition) is 0. The van der Waals surface area contributed by atoms with Crippen LogP contribution in [0, 0.1) is 5.92 Å². The Hall–Kier alpha value is -0.630. The van der Waals surface area contributed by atoms with E-state index in [-0.39, 0.29) is 5.78 Å². The second-order valence-corrected chi connectivity index (χ2v) is 5.77. The van der Waals surface area contributed by atoms with Gasteiger partial charge in [-0.05, 0) is 29.5 Å². The van der Waals surface area contributed by atoms with Crippen LogP contribution in [0.2, 0.25) is 0 Å². The molecule has 0 aliphatic carbocycles. The van der Waals surface area contributed by atoms with Crippen molar-refractivity contribution in [1.29, 1.82) is 0 Å². The highest BCUT2D eigenvalue weighted by molar-refractivity contribution is 9.10. The molecule has 0 aromatic heterocycles. The zero-order chi connectivity index (χ0) is 12.3. The first-order chi connectivity index (χ1) is 7.41. The van der Waals surface area contributed by atoms with Gasteiger partial charge in [0, 0.05) is 16.5 Å². The van der Waals surface area contributed by atoms with E-state index in [0.29, 0.717) is 18.3 Å². The molecule has 0 aliphatic heterocycles. The summed E-state index contributed by atoms with van der Waals surface area (Å²) in [5, 5.41) is 0. The molecule has 1 aromatic carbocycles. The third-order valence-electron chi connectivity index (χ3n) is 2.55. The quantitative estimate of drug-likeness (QED) is 0.725. The first-order valence-corrected chi connectivity index (χ1v) is 6.53. The summed E-state index contributed by atoms with van der Waals surface area (Å²) in [5.41, 5.74) is 2.04. The molecule has 1 aromatic rings. The molecular weight excluding hydrogens is 264 g/mol. The van der Waals surface area contributed by atoms with Crippen LogP contribution in [0.15, 0.2) is 22.7 Å². The van der Waals surface area contributed by atoms with Gasteiger partial charge in [-0.1, -0.05) is 49.7 Å². The monoisotopic (exact) mass is 282 g/mol. The second-order valence-electron chi connectivity index (χ2n) is 4.92. The molecule has 1 rings (SSSR count). The van der Waals surface area contributed by atoms with Crippen molar-refractivity contribution in [2.45, 2.75) is 40.0 Å². The van der Waals surface area contributed by atoms with Crippen molar-refractivity contribution in [2.24, 2.45) is 5.92 Å². The van der Waals surface area contributed by atoms with Crippen molar-refractivity contribution in [2.75, 3.05) is 0 Å². The summed E-state index contributed by atoms with van der Waals surface area (Å²) in [6.45, 7) is 8.41.